The van der Waals surface area contributed by atoms with E-state index in [4.69, 9.17) is 4.74 Å². The monoisotopic (exact) mass is 415 g/mol. The van der Waals surface area contributed by atoms with Gasteiger partial charge in [-0.15, -0.1) is 0 Å². The summed E-state index contributed by atoms with van der Waals surface area (Å²) in [6.07, 6.45) is 1.65. The number of halogens is 2. The first-order chi connectivity index (χ1) is 12.4. The van der Waals surface area contributed by atoms with E-state index in [0.29, 0.717) is 11.4 Å². The Morgan fingerprint density at radius 1 is 1.12 bits per heavy atom. The van der Waals surface area contributed by atoms with Crippen molar-refractivity contribution in [1.82, 2.24) is 0 Å². The summed E-state index contributed by atoms with van der Waals surface area (Å²) >= 11 is 3.36. The van der Waals surface area contributed by atoms with Gasteiger partial charge in [0.1, 0.15) is 5.82 Å². The van der Waals surface area contributed by atoms with Crippen LogP contribution in [0.4, 0.5) is 10.1 Å². The van der Waals surface area contributed by atoms with Gasteiger partial charge in [0.15, 0.2) is 0 Å². The number of nitrogens with zero attached hydrogens (tertiary/aromatic N) is 1. The highest BCUT2D eigenvalue weighted by molar-refractivity contribution is 9.10. The summed E-state index contributed by atoms with van der Waals surface area (Å²) in [6, 6.07) is 12.9. The minimum absolute atomic E-state index is 0.199. The van der Waals surface area contributed by atoms with E-state index in [0.717, 1.165) is 10.0 Å². The van der Waals surface area contributed by atoms with Crippen LogP contribution in [-0.2, 0) is 14.3 Å². The zero-order chi connectivity index (χ0) is 18.8. The van der Waals surface area contributed by atoms with Crippen molar-refractivity contribution >= 4 is 39.6 Å². The third-order valence-corrected chi connectivity index (χ3v) is 4.58. The predicted octanol–water partition coefficient (Wildman–Crippen LogP) is 4.47. The fraction of sp³-hybridized carbons (Fsp3) is 0.100. The summed E-state index contributed by atoms with van der Waals surface area (Å²) in [7, 11) is 1.27. The third kappa shape index (κ3) is 3.32. The molecule has 0 aromatic heterocycles. The number of carbonyl (C=O) groups excluding carboxylic acids is 2. The first-order valence-electron chi connectivity index (χ1n) is 7.79. The molecule has 0 atom stereocenters. The average Bonchev–Trinajstić information content (AvgIpc) is 2.87. The largest absolute Gasteiger partial charge is 0.465 e. The van der Waals surface area contributed by atoms with Gasteiger partial charge < -0.3 is 4.74 Å². The number of amides is 1. The molecule has 0 fully saturated rings. The number of ether oxygens (including phenoxy) is 1. The van der Waals surface area contributed by atoms with Crippen LogP contribution in [0.25, 0.3) is 6.08 Å². The summed E-state index contributed by atoms with van der Waals surface area (Å²) in [4.78, 5) is 26.7. The molecule has 1 amide bonds. The number of benzene rings is 2. The highest BCUT2D eigenvalue weighted by atomic mass is 79.9. The maximum Gasteiger partial charge on any atom is 0.340 e. The number of rotatable bonds is 3. The normalized spacial score (nSPS) is 15.8. The lowest BCUT2D eigenvalue weighted by Gasteiger charge is -2.17. The lowest BCUT2D eigenvalue weighted by Crippen LogP contribution is -2.24. The lowest BCUT2D eigenvalue weighted by molar-refractivity contribution is -0.136. The van der Waals surface area contributed by atoms with E-state index in [-0.39, 0.29) is 17.1 Å². The molecular weight excluding hydrogens is 401 g/mol. The second-order valence-corrected chi connectivity index (χ2v) is 6.59. The molecule has 3 rings (SSSR count). The van der Waals surface area contributed by atoms with Crippen LogP contribution in [-0.4, -0.2) is 19.0 Å². The minimum atomic E-state index is -0.594. The van der Waals surface area contributed by atoms with Gasteiger partial charge in [-0.2, -0.15) is 0 Å². The molecule has 1 aliphatic rings. The predicted molar refractivity (Wildman–Crippen MR) is 101 cm³/mol. The van der Waals surface area contributed by atoms with E-state index in [1.54, 1.807) is 13.0 Å². The van der Waals surface area contributed by atoms with Crippen molar-refractivity contribution in [3.8, 4) is 0 Å². The summed E-state index contributed by atoms with van der Waals surface area (Å²) in [6.45, 7) is 1.66. The van der Waals surface area contributed by atoms with Crippen molar-refractivity contribution in [2.45, 2.75) is 6.92 Å². The maximum absolute atomic E-state index is 13.2. The Kier molecular flexibility index (Phi) is 5.04. The molecule has 0 bridgehead atoms. The van der Waals surface area contributed by atoms with E-state index < -0.39 is 11.8 Å². The summed E-state index contributed by atoms with van der Waals surface area (Å²) in [5.74, 6) is -1.36. The van der Waals surface area contributed by atoms with Crippen molar-refractivity contribution in [3.05, 3.63) is 81.2 Å². The lowest BCUT2D eigenvalue weighted by atomic mass is 10.0. The molecule has 2 aromatic rings. The van der Waals surface area contributed by atoms with Crippen LogP contribution in [0.5, 0.6) is 0 Å². The van der Waals surface area contributed by atoms with Crippen molar-refractivity contribution in [2.75, 3.05) is 12.0 Å². The Balaban J connectivity index is 2.12. The molecule has 0 radical (unpaired) electrons. The van der Waals surface area contributed by atoms with E-state index >= 15 is 0 Å². The van der Waals surface area contributed by atoms with Gasteiger partial charge >= 0.3 is 5.97 Å². The third-order valence-electron chi connectivity index (χ3n) is 4.06. The summed E-state index contributed by atoms with van der Waals surface area (Å²) in [5.41, 5.74) is 2.13. The Hall–Kier alpha value is -2.73. The van der Waals surface area contributed by atoms with Crippen LogP contribution in [0, 0.1) is 5.82 Å². The van der Waals surface area contributed by atoms with Gasteiger partial charge in [-0.05, 0) is 55.0 Å². The SMILES string of the molecule is COC(=O)C1=C(C)N(c2ccc(F)cc2)C(=O)/C1=C\c1ccc(Br)cc1. The standard InChI is InChI=1S/C20H15BrFNO3/c1-12-18(20(25)26-2)17(11-13-3-5-14(21)6-4-13)19(24)23(12)16-9-7-15(22)8-10-16/h3-11H,1-2H3/b17-11-. The molecular formula is C20H15BrFNO3. The van der Waals surface area contributed by atoms with Crippen molar-refractivity contribution in [3.63, 3.8) is 0 Å². The molecule has 1 heterocycles. The first-order valence-corrected chi connectivity index (χ1v) is 8.58. The first kappa shape index (κ1) is 18.1. The van der Waals surface area contributed by atoms with E-state index in [1.165, 1.54) is 36.3 Å². The van der Waals surface area contributed by atoms with Crippen molar-refractivity contribution in [1.29, 1.82) is 0 Å². The fourth-order valence-corrected chi connectivity index (χ4v) is 3.07. The molecule has 0 unspecified atom stereocenters. The van der Waals surface area contributed by atoms with Crippen LogP contribution in [0.2, 0.25) is 0 Å². The van der Waals surface area contributed by atoms with Crippen molar-refractivity contribution in [2.24, 2.45) is 0 Å². The maximum atomic E-state index is 13.2. The number of carbonyl (C=O) groups is 2. The number of hydrogen-bond donors (Lipinski definition) is 0. The quantitative estimate of drug-likeness (QED) is 0.548. The van der Waals surface area contributed by atoms with Gasteiger partial charge in [-0.3, -0.25) is 9.69 Å². The Labute approximate surface area is 158 Å². The molecule has 0 spiro atoms. The number of esters is 1. The van der Waals surface area contributed by atoms with E-state index in [2.05, 4.69) is 15.9 Å². The second kappa shape index (κ2) is 7.25. The van der Waals surface area contributed by atoms with Gasteiger partial charge in [0.2, 0.25) is 0 Å². The molecule has 6 heteroatoms. The van der Waals surface area contributed by atoms with Gasteiger partial charge in [0, 0.05) is 15.9 Å². The number of hydrogen-bond acceptors (Lipinski definition) is 3. The zero-order valence-corrected chi connectivity index (χ0v) is 15.7. The van der Waals surface area contributed by atoms with E-state index in [1.807, 2.05) is 24.3 Å². The van der Waals surface area contributed by atoms with Crippen LogP contribution in [0.3, 0.4) is 0 Å². The Morgan fingerprint density at radius 2 is 1.73 bits per heavy atom. The zero-order valence-electron chi connectivity index (χ0n) is 14.1. The molecule has 0 aliphatic carbocycles. The van der Waals surface area contributed by atoms with Gasteiger partial charge in [0.25, 0.3) is 5.91 Å². The van der Waals surface area contributed by atoms with Crippen LogP contribution in [0.1, 0.15) is 12.5 Å². The highest BCUT2D eigenvalue weighted by Gasteiger charge is 2.37. The van der Waals surface area contributed by atoms with Gasteiger partial charge in [-0.25, -0.2) is 9.18 Å². The second-order valence-electron chi connectivity index (χ2n) is 5.68. The topological polar surface area (TPSA) is 46.6 Å². The molecule has 132 valence electrons. The van der Waals surface area contributed by atoms with Gasteiger partial charge in [-0.1, -0.05) is 28.1 Å². The number of anilines is 1. The van der Waals surface area contributed by atoms with Gasteiger partial charge in [0.05, 0.1) is 18.3 Å². The van der Waals surface area contributed by atoms with Crippen LogP contribution >= 0.6 is 15.9 Å². The Morgan fingerprint density at radius 3 is 2.31 bits per heavy atom. The average molecular weight is 416 g/mol. The highest BCUT2D eigenvalue weighted by Crippen LogP contribution is 2.35. The van der Waals surface area contributed by atoms with Crippen LogP contribution in [0.15, 0.2) is 69.8 Å². The van der Waals surface area contributed by atoms with Crippen LogP contribution < -0.4 is 4.90 Å². The Bertz CT molecular complexity index is 931. The molecule has 2 aromatic carbocycles. The molecule has 0 saturated heterocycles. The molecule has 26 heavy (non-hydrogen) atoms. The number of methoxy groups -OCH3 is 1. The molecule has 0 saturated carbocycles. The van der Waals surface area contributed by atoms with Crippen molar-refractivity contribution < 1.29 is 18.7 Å². The van der Waals surface area contributed by atoms with E-state index in [9.17, 15) is 14.0 Å². The fourth-order valence-electron chi connectivity index (χ4n) is 2.81. The molecule has 4 nitrogen and oxygen atoms in total. The molecule has 0 N–H and O–H groups in total. The number of allylic oxidation sites excluding steroid dienone is 1. The summed E-state index contributed by atoms with van der Waals surface area (Å²) < 4.78 is 19.0. The molecule has 1 aliphatic heterocycles. The smallest absolute Gasteiger partial charge is 0.340 e. The summed E-state index contributed by atoms with van der Waals surface area (Å²) in [5, 5.41) is 0. The minimum Gasteiger partial charge on any atom is -0.465 e.